The molecule has 116 valence electrons. The molecule has 0 unspecified atom stereocenters. The third-order valence-electron chi connectivity index (χ3n) is 3.05. The van der Waals surface area contributed by atoms with Gasteiger partial charge >= 0.3 is 6.09 Å². The van der Waals surface area contributed by atoms with Crippen LogP contribution in [0.1, 0.15) is 26.3 Å². The number of halogens is 3. The Morgan fingerprint density at radius 3 is 2.38 bits per heavy atom. The zero-order valence-electron chi connectivity index (χ0n) is 11.9. The standard InChI is InChI=1S/C14H16F3NO3/c1-13(2,3)21-12(19)18-6-14(20,7-18)9-4-8(15)5-10(16)11(9)17/h4-5,20H,6-7H2,1-3H3. The van der Waals surface area contributed by atoms with Gasteiger partial charge in [0.05, 0.1) is 13.1 Å². The van der Waals surface area contributed by atoms with Crippen LogP contribution in [0, 0.1) is 17.5 Å². The van der Waals surface area contributed by atoms with Crippen LogP contribution < -0.4 is 0 Å². The van der Waals surface area contributed by atoms with Gasteiger partial charge < -0.3 is 14.7 Å². The molecule has 0 spiro atoms. The van der Waals surface area contributed by atoms with Crippen LogP contribution in [-0.2, 0) is 10.3 Å². The largest absolute Gasteiger partial charge is 0.444 e. The number of ether oxygens (including phenoxy) is 1. The van der Waals surface area contributed by atoms with Crippen molar-refractivity contribution in [2.24, 2.45) is 0 Å². The number of aliphatic hydroxyl groups is 1. The van der Waals surface area contributed by atoms with Gasteiger partial charge in [0.25, 0.3) is 0 Å². The van der Waals surface area contributed by atoms with Crippen molar-refractivity contribution in [1.82, 2.24) is 4.90 Å². The minimum Gasteiger partial charge on any atom is -0.444 e. The van der Waals surface area contributed by atoms with Crippen molar-refractivity contribution in [2.75, 3.05) is 13.1 Å². The number of β-amino-alcohol motifs (C(OH)–C–C–N with tert-alkyl or cyclic N) is 1. The lowest BCUT2D eigenvalue weighted by Crippen LogP contribution is -2.62. The average molecular weight is 303 g/mol. The Bertz CT molecular complexity index is 578. The minimum atomic E-state index is -1.82. The van der Waals surface area contributed by atoms with Crippen molar-refractivity contribution in [2.45, 2.75) is 32.0 Å². The molecule has 1 fully saturated rings. The normalized spacial score (nSPS) is 17.4. The Balaban J connectivity index is 2.13. The van der Waals surface area contributed by atoms with E-state index in [4.69, 9.17) is 4.74 Å². The summed E-state index contributed by atoms with van der Waals surface area (Å²) in [5.41, 5.74) is -3.02. The topological polar surface area (TPSA) is 49.8 Å². The van der Waals surface area contributed by atoms with E-state index in [1.54, 1.807) is 20.8 Å². The van der Waals surface area contributed by atoms with Gasteiger partial charge in [-0.05, 0) is 26.8 Å². The van der Waals surface area contributed by atoms with Crippen LogP contribution in [0.25, 0.3) is 0 Å². The molecule has 21 heavy (non-hydrogen) atoms. The molecule has 0 aromatic heterocycles. The molecule has 1 saturated heterocycles. The van der Waals surface area contributed by atoms with Crippen LogP contribution in [0.2, 0.25) is 0 Å². The van der Waals surface area contributed by atoms with Crippen LogP contribution in [0.3, 0.4) is 0 Å². The Kier molecular flexibility index (Phi) is 3.65. The second-order valence-electron chi connectivity index (χ2n) is 6.12. The lowest BCUT2D eigenvalue weighted by molar-refractivity contribution is -0.105. The van der Waals surface area contributed by atoms with E-state index in [0.29, 0.717) is 6.07 Å². The van der Waals surface area contributed by atoms with Crippen LogP contribution in [0.4, 0.5) is 18.0 Å². The monoisotopic (exact) mass is 303 g/mol. The first kappa shape index (κ1) is 15.6. The van der Waals surface area contributed by atoms with Crippen molar-refractivity contribution < 1.29 is 27.8 Å². The third kappa shape index (κ3) is 3.12. The molecule has 1 aromatic rings. The van der Waals surface area contributed by atoms with Gasteiger partial charge in [-0.3, -0.25) is 0 Å². The van der Waals surface area contributed by atoms with Crippen LogP contribution in [0.15, 0.2) is 12.1 Å². The van der Waals surface area contributed by atoms with Crippen molar-refractivity contribution >= 4 is 6.09 Å². The average Bonchev–Trinajstić information content (AvgIpc) is 2.27. The van der Waals surface area contributed by atoms with E-state index in [0.717, 1.165) is 11.0 Å². The zero-order valence-corrected chi connectivity index (χ0v) is 11.9. The highest BCUT2D eigenvalue weighted by Crippen LogP contribution is 2.35. The van der Waals surface area contributed by atoms with E-state index >= 15 is 0 Å². The SMILES string of the molecule is CC(C)(C)OC(=O)N1CC(O)(c2cc(F)cc(F)c2F)C1. The van der Waals surface area contributed by atoms with Crippen LogP contribution >= 0.6 is 0 Å². The van der Waals surface area contributed by atoms with Crippen molar-refractivity contribution in [3.63, 3.8) is 0 Å². The Morgan fingerprint density at radius 2 is 1.86 bits per heavy atom. The fourth-order valence-electron chi connectivity index (χ4n) is 2.11. The molecule has 0 atom stereocenters. The summed E-state index contributed by atoms with van der Waals surface area (Å²) in [6.07, 6.45) is -0.676. The van der Waals surface area contributed by atoms with E-state index < -0.39 is 40.3 Å². The molecule has 7 heteroatoms. The number of hydrogen-bond donors (Lipinski definition) is 1. The summed E-state index contributed by atoms with van der Waals surface area (Å²) in [4.78, 5) is 12.9. The molecule has 1 amide bonds. The molecule has 2 rings (SSSR count). The molecular formula is C14H16F3NO3. The Morgan fingerprint density at radius 1 is 1.29 bits per heavy atom. The maximum absolute atomic E-state index is 13.7. The van der Waals surface area contributed by atoms with E-state index in [1.165, 1.54) is 0 Å². The molecule has 1 aromatic carbocycles. The summed E-state index contributed by atoms with van der Waals surface area (Å²) < 4.78 is 45.1. The number of hydrogen-bond acceptors (Lipinski definition) is 3. The van der Waals surface area contributed by atoms with Gasteiger partial charge in [0.1, 0.15) is 17.0 Å². The van der Waals surface area contributed by atoms with Crippen molar-refractivity contribution in [3.8, 4) is 0 Å². The molecule has 0 bridgehead atoms. The molecule has 0 saturated carbocycles. The second kappa shape index (κ2) is 4.91. The predicted molar refractivity (Wildman–Crippen MR) is 68.0 cm³/mol. The Labute approximate surface area is 120 Å². The molecular weight excluding hydrogens is 287 g/mol. The fraction of sp³-hybridized carbons (Fsp3) is 0.500. The number of benzene rings is 1. The maximum atomic E-state index is 13.7. The predicted octanol–water partition coefficient (Wildman–Crippen LogP) is 2.54. The second-order valence-corrected chi connectivity index (χ2v) is 6.12. The van der Waals surface area contributed by atoms with E-state index in [-0.39, 0.29) is 13.1 Å². The first-order valence-corrected chi connectivity index (χ1v) is 6.37. The summed E-state index contributed by atoms with van der Waals surface area (Å²) in [5, 5.41) is 10.2. The number of carbonyl (C=O) groups is 1. The number of rotatable bonds is 1. The number of likely N-dealkylation sites (tertiary alicyclic amines) is 1. The summed E-state index contributed by atoms with van der Waals surface area (Å²) in [6.45, 7) is 4.46. The zero-order chi connectivity index (χ0) is 16.0. The van der Waals surface area contributed by atoms with Crippen LogP contribution in [0.5, 0.6) is 0 Å². The quantitative estimate of drug-likeness (QED) is 0.811. The molecule has 0 aliphatic carbocycles. The lowest BCUT2D eigenvalue weighted by Gasteiger charge is -2.46. The smallest absolute Gasteiger partial charge is 0.410 e. The molecule has 0 radical (unpaired) electrons. The van der Waals surface area contributed by atoms with Gasteiger partial charge in [0.15, 0.2) is 11.6 Å². The number of amides is 1. The minimum absolute atomic E-state index is 0.290. The van der Waals surface area contributed by atoms with Crippen molar-refractivity contribution in [1.29, 1.82) is 0 Å². The fourth-order valence-corrected chi connectivity index (χ4v) is 2.11. The summed E-state index contributed by atoms with van der Waals surface area (Å²) >= 11 is 0. The van der Waals surface area contributed by atoms with Gasteiger partial charge in [0.2, 0.25) is 0 Å². The van der Waals surface area contributed by atoms with E-state index in [1.807, 2.05) is 0 Å². The number of carbonyl (C=O) groups excluding carboxylic acids is 1. The Hall–Kier alpha value is -1.76. The van der Waals surface area contributed by atoms with Gasteiger partial charge in [-0.25, -0.2) is 18.0 Å². The molecule has 4 nitrogen and oxygen atoms in total. The molecule has 1 N–H and O–H groups in total. The molecule has 1 aliphatic heterocycles. The first-order valence-electron chi connectivity index (χ1n) is 6.37. The van der Waals surface area contributed by atoms with Gasteiger partial charge in [0, 0.05) is 11.6 Å². The molecule has 1 heterocycles. The van der Waals surface area contributed by atoms with E-state index in [2.05, 4.69) is 0 Å². The molecule has 1 aliphatic rings. The summed E-state index contributed by atoms with van der Waals surface area (Å²) in [7, 11) is 0. The third-order valence-corrected chi connectivity index (χ3v) is 3.05. The van der Waals surface area contributed by atoms with Crippen LogP contribution in [-0.4, -0.2) is 34.8 Å². The first-order chi connectivity index (χ1) is 9.52. The van der Waals surface area contributed by atoms with Gasteiger partial charge in [-0.2, -0.15) is 0 Å². The van der Waals surface area contributed by atoms with Gasteiger partial charge in [-0.1, -0.05) is 0 Å². The van der Waals surface area contributed by atoms with Crippen molar-refractivity contribution in [3.05, 3.63) is 35.1 Å². The maximum Gasteiger partial charge on any atom is 0.410 e. The summed E-state index contributed by atoms with van der Waals surface area (Å²) in [6, 6.07) is 1.12. The highest BCUT2D eigenvalue weighted by Gasteiger charge is 2.48. The van der Waals surface area contributed by atoms with Gasteiger partial charge in [-0.15, -0.1) is 0 Å². The lowest BCUT2D eigenvalue weighted by atomic mass is 9.86. The number of nitrogens with zero attached hydrogens (tertiary/aromatic N) is 1. The van der Waals surface area contributed by atoms with E-state index in [9.17, 15) is 23.1 Å². The highest BCUT2D eigenvalue weighted by molar-refractivity contribution is 5.70. The highest BCUT2D eigenvalue weighted by atomic mass is 19.2. The summed E-state index contributed by atoms with van der Waals surface area (Å²) in [5.74, 6) is -3.69.